The second-order valence-corrected chi connectivity index (χ2v) is 13.0. The van der Waals surface area contributed by atoms with Crippen LogP contribution in [0.2, 0.25) is 0 Å². The molecule has 47 heavy (non-hydrogen) atoms. The van der Waals surface area contributed by atoms with Crippen molar-refractivity contribution in [3.8, 4) is 28.6 Å². The molecule has 5 aromatic carbocycles. The zero-order valence-corrected chi connectivity index (χ0v) is 29.8. The van der Waals surface area contributed by atoms with Crippen molar-refractivity contribution in [2.45, 2.75) is 33.3 Å². The molecule has 6 rings (SSSR count). The van der Waals surface area contributed by atoms with Gasteiger partial charge in [-0.3, -0.25) is 4.79 Å². The number of methoxy groups -OCH3 is 2. The van der Waals surface area contributed by atoms with Crippen LogP contribution in [0.5, 0.6) is 17.2 Å². The van der Waals surface area contributed by atoms with E-state index in [-0.39, 0.29) is 11.5 Å². The number of hydrogen-bond donors (Lipinski definition) is 0. The minimum Gasteiger partial charge on any atom is -0.496 e. The van der Waals surface area contributed by atoms with E-state index in [0.717, 1.165) is 38.8 Å². The number of aromatic nitrogens is 2. The highest BCUT2D eigenvalue weighted by molar-refractivity contribution is 9.13. The fourth-order valence-electron chi connectivity index (χ4n) is 5.65. The maximum Gasteiger partial charge on any atom is 0.282 e. The van der Waals surface area contributed by atoms with E-state index in [1.54, 1.807) is 26.5 Å². The smallest absolute Gasteiger partial charge is 0.282 e. The summed E-state index contributed by atoms with van der Waals surface area (Å²) in [5.74, 6) is 2.48. The Morgan fingerprint density at radius 2 is 1.57 bits per heavy atom. The summed E-state index contributed by atoms with van der Waals surface area (Å²) in [7, 11) is 3.26. The van der Waals surface area contributed by atoms with Gasteiger partial charge in [0, 0.05) is 15.6 Å². The Morgan fingerprint density at radius 3 is 2.32 bits per heavy atom. The summed E-state index contributed by atoms with van der Waals surface area (Å²) in [5, 5.41) is 7.48. The van der Waals surface area contributed by atoms with Crippen LogP contribution in [0.15, 0.2) is 104 Å². The molecule has 1 heterocycles. The molecular formula is C38H33Br2N3O4. The fourth-order valence-corrected chi connectivity index (χ4v) is 6.58. The van der Waals surface area contributed by atoms with Gasteiger partial charge in [-0.15, -0.1) is 0 Å². The van der Waals surface area contributed by atoms with E-state index in [1.807, 2.05) is 61.5 Å². The lowest BCUT2D eigenvalue weighted by atomic mass is 9.96. The van der Waals surface area contributed by atoms with E-state index in [9.17, 15) is 4.79 Å². The third kappa shape index (κ3) is 6.30. The maximum atomic E-state index is 14.0. The predicted octanol–water partition coefficient (Wildman–Crippen LogP) is 9.65. The number of ether oxygens (including phenoxy) is 3. The molecular weight excluding hydrogens is 722 g/mol. The highest BCUT2D eigenvalue weighted by Gasteiger charge is 2.20. The SMILES string of the molecule is COc1cc(C)c(-c2nc3ccccc3c(=O)n2N=Cc2cc(OC)c(OCc3cccc4ccccc34)c(Br)c2Br)cc1C(C)C. The number of nitrogens with zero attached hydrogens (tertiary/aromatic N) is 3. The van der Waals surface area contributed by atoms with Crippen molar-refractivity contribution in [1.29, 1.82) is 0 Å². The minimum absolute atomic E-state index is 0.190. The molecule has 6 aromatic rings. The Labute approximate surface area is 290 Å². The van der Waals surface area contributed by atoms with Crippen LogP contribution >= 0.6 is 31.9 Å². The molecule has 9 heteroatoms. The van der Waals surface area contributed by atoms with Gasteiger partial charge in [-0.2, -0.15) is 9.78 Å². The van der Waals surface area contributed by atoms with Crippen LogP contribution in [0.25, 0.3) is 33.1 Å². The highest BCUT2D eigenvalue weighted by atomic mass is 79.9. The summed E-state index contributed by atoms with van der Waals surface area (Å²) in [5.41, 5.74) is 4.77. The molecule has 0 atom stereocenters. The van der Waals surface area contributed by atoms with E-state index < -0.39 is 0 Å². The molecule has 1 aromatic heterocycles. The van der Waals surface area contributed by atoms with Crippen molar-refractivity contribution in [2.75, 3.05) is 14.2 Å². The van der Waals surface area contributed by atoms with Gasteiger partial charge in [0.25, 0.3) is 5.56 Å². The van der Waals surface area contributed by atoms with Crippen molar-refractivity contribution >= 4 is 59.7 Å². The Kier molecular flexibility index (Phi) is 9.47. The van der Waals surface area contributed by atoms with E-state index >= 15 is 0 Å². The van der Waals surface area contributed by atoms with Crippen molar-refractivity contribution in [3.63, 3.8) is 0 Å². The second kappa shape index (κ2) is 13.7. The summed E-state index contributed by atoms with van der Waals surface area (Å²) < 4.78 is 20.5. The topological polar surface area (TPSA) is 74.9 Å². The summed E-state index contributed by atoms with van der Waals surface area (Å²) in [6, 6.07) is 27.5. The third-order valence-electron chi connectivity index (χ3n) is 8.13. The lowest BCUT2D eigenvalue weighted by Crippen LogP contribution is -2.21. The first-order valence-corrected chi connectivity index (χ1v) is 16.7. The van der Waals surface area contributed by atoms with Crippen molar-refractivity contribution < 1.29 is 14.2 Å². The largest absolute Gasteiger partial charge is 0.496 e. The summed E-state index contributed by atoms with van der Waals surface area (Å²) >= 11 is 7.43. The van der Waals surface area contributed by atoms with Gasteiger partial charge in [-0.1, -0.05) is 68.4 Å². The molecule has 238 valence electrons. The molecule has 7 nitrogen and oxygen atoms in total. The van der Waals surface area contributed by atoms with Gasteiger partial charge in [-0.25, -0.2) is 4.98 Å². The predicted molar refractivity (Wildman–Crippen MR) is 196 cm³/mol. The van der Waals surface area contributed by atoms with Crippen LogP contribution in [0.4, 0.5) is 0 Å². The first kappa shape index (κ1) is 32.5. The normalized spacial score (nSPS) is 11.6. The summed E-state index contributed by atoms with van der Waals surface area (Å²) in [4.78, 5) is 18.9. The van der Waals surface area contributed by atoms with Crippen molar-refractivity contribution in [3.05, 3.63) is 126 Å². The lowest BCUT2D eigenvalue weighted by molar-refractivity contribution is 0.283. The molecule has 0 aliphatic rings. The first-order valence-electron chi connectivity index (χ1n) is 15.1. The van der Waals surface area contributed by atoms with Crippen LogP contribution in [0, 0.1) is 6.92 Å². The average molecular weight is 756 g/mol. The average Bonchev–Trinajstić information content (AvgIpc) is 3.08. The van der Waals surface area contributed by atoms with Crippen molar-refractivity contribution in [1.82, 2.24) is 9.66 Å². The molecule has 0 saturated heterocycles. The Hall–Kier alpha value is -4.47. The number of hydrogen-bond acceptors (Lipinski definition) is 6. The van der Waals surface area contributed by atoms with Gasteiger partial charge in [0.05, 0.1) is 35.8 Å². The van der Waals surface area contributed by atoms with Gasteiger partial charge in [-0.05, 0) is 102 Å². The fraction of sp³-hybridized carbons (Fsp3) is 0.184. The van der Waals surface area contributed by atoms with Crippen LogP contribution in [-0.4, -0.2) is 30.1 Å². The van der Waals surface area contributed by atoms with Gasteiger partial charge >= 0.3 is 0 Å². The van der Waals surface area contributed by atoms with Gasteiger partial charge in [0.15, 0.2) is 17.3 Å². The van der Waals surface area contributed by atoms with Crippen LogP contribution in [0.3, 0.4) is 0 Å². The molecule has 0 saturated carbocycles. The van der Waals surface area contributed by atoms with Gasteiger partial charge < -0.3 is 14.2 Å². The van der Waals surface area contributed by atoms with Crippen molar-refractivity contribution in [2.24, 2.45) is 5.10 Å². The molecule has 0 N–H and O–H groups in total. The quantitative estimate of drug-likeness (QED) is 0.138. The van der Waals surface area contributed by atoms with Crippen LogP contribution in [0.1, 0.15) is 42.0 Å². The molecule has 0 unspecified atom stereocenters. The highest BCUT2D eigenvalue weighted by Crippen LogP contribution is 2.43. The number of halogens is 2. The molecule has 0 bridgehead atoms. The Bertz CT molecular complexity index is 2220. The molecule has 0 aliphatic carbocycles. The molecule has 0 aliphatic heterocycles. The number of aryl methyl sites for hydroxylation is 1. The zero-order chi connectivity index (χ0) is 33.2. The summed E-state index contributed by atoms with van der Waals surface area (Å²) in [6.45, 7) is 6.53. The molecule has 0 spiro atoms. The molecule has 0 radical (unpaired) electrons. The van der Waals surface area contributed by atoms with E-state index in [1.165, 1.54) is 4.68 Å². The van der Waals surface area contributed by atoms with E-state index in [0.29, 0.717) is 49.3 Å². The third-order valence-corrected chi connectivity index (χ3v) is 10.3. The maximum absolute atomic E-state index is 14.0. The Balaban J connectivity index is 1.43. The standard InChI is InChI=1S/C38H33Br2N3O4/c1-22(2)29-19-30(23(3)17-32(29)45-4)37-42-31-16-9-8-15-28(31)38(44)43(37)41-20-26-18-33(46-5)36(35(40)34(26)39)47-21-25-13-10-12-24-11-6-7-14-27(24)25/h6-20,22H,21H2,1-5H3. The second-order valence-electron chi connectivity index (χ2n) is 11.4. The van der Waals surface area contributed by atoms with E-state index in [4.69, 9.17) is 24.3 Å². The van der Waals surface area contributed by atoms with E-state index in [2.05, 4.69) is 70.0 Å². The van der Waals surface area contributed by atoms with Gasteiger partial charge in [0.2, 0.25) is 0 Å². The van der Waals surface area contributed by atoms with Crippen LogP contribution < -0.4 is 19.8 Å². The van der Waals surface area contributed by atoms with Crippen LogP contribution in [-0.2, 0) is 6.61 Å². The monoisotopic (exact) mass is 753 g/mol. The number of para-hydroxylation sites is 1. The summed E-state index contributed by atoms with van der Waals surface area (Å²) in [6.07, 6.45) is 1.62. The zero-order valence-electron chi connectivity index (χ0n) is 26.7. The Morgan fingerprint density at radius 1 is 0.872 bits per heavy atom. The number of benzene rings is 5. The molecule has 0 fully saturated rings. The lowest BCUT2D eigenvalue weighted by Gasteiger charge is -2.18. The first-order chi connectivity index (χ1) is 22.7. The molecule has 0 amide bonds. The minimum atomic E-state index is -0.277. The van der Waals surface area contributed by atoms with Gasteiger partial charge in [0.1, 0.15) is 12.4 Å². The number of fused-ring (bicyclic) bond motifs is 2. The number of rotatable bonds is 9.